The Morgan fingerprint density at radius 2 is 0.982 bits per heavy atom. The van der Waals surface area contributed by atoms with Gasteiger partial charge in [-0.3, -0.25) is 9.59 Å². The first-order valence-corrected chi connectivity index (χ1v) is 23.5. The number of allylic oxidation sites excluding steroid dienone is 6. The van der Waals surface area contributed by atoms with Crippen LogP contribution in [0.25, 0.3) is 0 Å². The smallest absolute Gasteiger partial charge is 0.362 e. The zero-order chi connectivity index (χ0) is 42.1. The summed E-state index contributed by atoms with van der Waals surface area (Å²) in [6.45, 7) is 4.64. The summed E-state index contributed by atoms with van der Waals surface area (Å²) in [4.78, 5) is 37.0. The predicted octanol–water partition coefficient (Wildman–Crippen LogP) is 13.0. The van der Waals surface area contributed by atoms with Crippen molar-refractivity contribution in [2.45, 2.75) is 219 Å². The molecule has 0 heterocycles. The number of quaternary nitrogens is 1. The zero-order valence-electron chi connectivity index (χ0n) is 37.8. The van der Waals surface area contributed by atoms with Crippen molar-refractivity contribution in [1.29, 1.82) is 0 Å². The van der Waals surface area contributed by atoms with Gasteiger partial charge < -0.3 is 23.8 Å². The number of ether oxygens (including phenoxy) is 3. The van der Waals surface area contributed by atoms with E-state index in [9.17, 15) is 19.5 Å². The Morgan fingerprint density at radius 3 is 1.46 bits per heavy atom. The number of unbranched alkanes of at least 4 members (excludes halogenated alkanes) is 22. The number of hydrogen-bond donors (Lipinski definition) is 1. The molecule has 0 aliphatic heterocycles. The molecule has 8 heteroatoms. The number of hydrogen-bond acceptors (Lipinski definition) is 6. The van der Waals surface area contributed by atoms with Gasteiger partial charge in [-0.2, -0.15) is 0 Å². The number of aliphatic carboxylic acids is 1. The van der Waals surface area contributed by atoms with Crippen LogP contribution in [0.1, 0.15) is 206 Å². The summed E-state index contributed by atoms with van der Waals surface area (Å²) < 4.78 is 17.3. The van der Waals surface area contributed by atoms with Crippen LogP contribution in [0.3, 0.4) is 0 Å². The minimum atomic E-state index is -0.874. The van der Waals surface area contributed by atoms with Crippen LogP contribution < -0.4 is 0 Å². The molecule has 0 aliphatic rings. The second-order valence-corrected chi connectivity index (χ2v) is 17.0. The number of carboxylic acid groups (broad SMARTS) is 1. The second kappa shape index (κ2) is 40.3. The topological polar surface area (TPSA) is 99.1 Å². The summed E-state index contributed by atoms with van der Waals surface area (Å²) in [5.41, 5.74) is 0. The molecule has 0 aliphatic carbocycles. The first-order valence-electron chi connectivity index (χ1n) is 23.5. The molecular weight excluding hydrogens is 715 g/mol. The molecule has 0 aromatic rings. The molecule has 0 saturated heterocycles. The fourth-order valence-corrected chi connectivity index (χ4v) is 6.93. The molecule has 57 heavy (non-hydrogen) atoms. The summed E-state index contributed by atoms with van der Waals surface area (Å²) >= 11 is 0. The number of carbonyl (C=O) groups is 3. The van der Waals surface area contributed by atoms with Crippen molar-refractivity contribution >= 4 is 17.9 Å². The van der Waals surface area contributed by atoms with Crippen LogP contribution in [-0.4, -0.2) is 80.6 Å². The Kier molecular flexibility index (Phi) is 38.6. The lowest BCUT2D eigenvalue weighted by Crippen LogP contribution is -2.50. The van der Waals surface area contributed by atoms with Gasteiger partial charge in [0.2, 0.25) is 0 Å². The number of carbonyl (C=O) groups excluding carboxylic acids is 2. The van der Waals surface area contributed by atoms with Gasteiger partial charge in [-0.1, -0.05) is 179 Å². The van der Waals surface area contributed by atoms with Crippen LogP contribution in [0.15, 0.2) is 36.5 Å². The minimum Gasteiger partial charge on any atom is -0.477 e. The van der Waals surface area contributed by atoms with Crippen molar-refractivity contribution in [2.24, 2.45) is 0 Å². The van der Waals surface area contributed by atoms with Crippen LogP contribution in [0.2, 0.25) is 0 Å². The summed E-state index contributed by atoms with van der Waals surface area (Å²) in [5.74, 6) is -1.46. The van der Waals surface area contributed by atoms with Crippen LogP contribution in [-0.2, 0) is 28.6 Å². The molecule has 8 nitrogen and oxygen atoms in total. The van der Waals surface area contributed by atoms with Crippen molar-refractivity contribution in [1.82, 2.24) is 0 Å². The van der Waals surface area contributed by atoms with Gasteiger partial charge in [0.1, 0.15) is 6.61 Å². The van der Waals surface area contributed by atoms with E-state index in [-0.39, 0.29) is 36.2 Å². The highest BCUT2D eigenvalue weighted by Gasteiger charge is 2.31. The summed E-state index contributed by atoms with van der Waals surface area (Å²) in [6, 6.07) is -0.613. The van der Waals surface area contributed by atoms with Crippen molar-refractivity contribution in [3.8, 4) is 0 Å². The van der Waals surface area contributed by atoms with E-state index in [4.69, 9.17) is 14.2 Å². The summed E-state index contributed by atoms with van der Waals surface area (Å²) in [5, 5.41) is 9.63. The third kappa shape index (κ3) is 38.8. The third-order valence-corrected chi connectivity index (χ3v) is 10.6. The van der Waals surface area contributed by atoms with Crippen molar-refractivity contribution in [2.75, 3.05) is 41.0 Å². The number of carboxylic acids is 1. The van der Waals surface area contributed by atoms with E-state index in [1.54, 1.807) is 0 Å². The largest absolute Gasteiger partial charge is 0.477 e. The maximum atomic E-state index is 12.8. The molecule has 2 atom stereocenters. The Bertz CT molecular complexity index is 1030. The first-order chi connectivity index (χ1) is 27.6. The van der Waals surface area contributed by atoms with Gasteiger partial charge >= 0.3 is 17.9 Å². The SMILES string of the molecule is CC/C=C/C/C=C/C/C=C/CCCCCCCCCCCCCC(=O)OC(COCCC(C(=O)O)[N+](C)(C)C)COC(=O)CCCCCCCCCCCCCC. The molecule has 0 aromatic carbocycles. The van der Waals surface area contributed by atoms with Crippen molar-refractivity contribution < 1.29 is 38.2 Å². The van der Waals surface area contributed by atoms with Gasteiger partial charge in [0, 0.05) is 19.3 Å². The number of likely N-dealkylation sites (N-methyl/N-ethyl adjacent to an activating group) is 1. The fourth-order valence-electron chi connectivity index (χ4n) is 6.93. The van der Waals surface area contributed by atoms with Crippen LogP contribution in [0.4, 0.5) is 0 Å². The molecule has 1 N–H and O–H groups in total. The molecule has 0 bridgehead atoms. The van der Waals surface area contributed by atoms with Gasteiger partial charge in [0.25, 0.3) is 0 Å². The van der Waals surface area contributed by atoms with Gasteiger partial charge in [-0.05, 0) is 44.9 Å². The molecule has 332 valence electrons. The van der Waals surface area contributed by atoms with E-state index in [2.05, 4.69) is 50.3 Å². The van der Waals surface area contributed by atoms with Gasteiger partial charge in [0.05, 0.1) is 34.4 Å². The molecule has 0 amide bonds. The highest BCUT2D eigenvalue weighted by Crippen LogP contribution is 2.15. The van der Waals surface area contributed by atoms with Crippen molar-refractivity contribution in [3.63, 3.8) is 0 Å². The monoisotopic (exact) mass is 805 g/mol. The van der Waals surface area contributed by atoms with Gasteiger partial charge in [0.15, 0.2) is 12.1 Å². The highest BCUT2D eigenvalue weighted by atomic mass is 16.6. The molecule has 0 aromatic heterocycles. The van der Waals surface area contributed by atoms with E-state index in [1.807, 2.05) is 21.1 Å². The quantitative estimate of drug-likeness (QED) is 0.0284. The molecule has 0 saturated carbocycles. The van der Waals surface area contributed by atoms with Crippen LogP contribution >= 0.6 is 0 Å². The third-order valence-electron chi connectivity index (χ3n) is 10.6. The summed E-state index contributed by atoms with van der Waals surface area (Å²) in [7, 11) is 5.53. The average Bonchev–Trinajstić information content (AvgIpc) is 3.17. The zero-order valence-corrected chi connectivity index (χ0v) is 37.8. The van der Waals surface area contributed by atoms with E-state index in [0.717, 1.165) is 57.8 Å². The molecule has 0 spiro atoms. The van der Waals surface area contributed by atoms with E-state index < -0.39 is 18.1 Å². The summed E-state index contributed by atoms with van der Waals surface area (Å²) in [6.07, 6.45) is 46.1. The Balaban J connectivity index is 4.24. The number of esters is 2. The van der Waals surface area contributed by atoms with Crippen LogP contribution in [0, 0.1) is 0 Å². The maximum Gasteiger partial charge on any atom is 0.362 e. The molecular formula is C49H90NO7+. The molecule has 0 rings (SSSR count). The fraction of sp³-hybridized carbons (Fsp3) is 0.816. The number of rotatable bonds is 42. The lowest BCUT2D eigenvalue weighted by atomic mass is 10.0. The standard InChI is InChI=1S/C49H89NO7/c1-6-8-10-12-14-16-18-20-21-22-23-24-25-26-27-28-30-32-34-36-38-40-48(52)57-45(43-55-42-41-46(49(53)54)50(3,4)5)44-56-47(51)39-37-35-33-31-29-19-17-15-13-11-9-7-2/h8,10,14,16,20-21,45-46H,6-7,9,11-13,15,17-19,22-44H2,1-5H3/p+1/b10-8+,16-14+,21-20+. The van der Waals surface area contributed by atoms with E-state index >= 15 is 0 Å². The van der Waals surface area contributed by atoms with Crippen molar-refractivity contribution in [3.05, 3.63) is 36.5 Å². The Morgan fingerprint density at radius 1 is 0.544 bits per heavy atom. The average molecular weight is 805 g/mol. The minimum absolute atomic E-state index is 0.0486. The maximum absolute atomic E-state index is 12.8. The normalized spacial score (nSPS) is 13.2. The van der Waals surface area contributed by atoms with Gasteiger partial charge in [-0.25, -0.2) is 4.79 Å². The Hall–Kier alpha value is -2.45. The van der Waals surface area contributed by atoms with E-state index in [1.165, 1.54) is 116 Å². The first kappa shape index (κ1) is 54.6. The van der Waals surface area contributed by atoms with Crippen LogP contribution in [0.5, 0.6) is 0 Å². The lowest BCUT2D eigenvalue weighted by Gasteiger charge is -2.31. The second-order valence-electron chi connectivity index (χ2n) is 17.0. The molecule has 2 unspecified atom stereocenters. The molecule has 0 fully saturated rings. The highest BCUT2D eigenvalue weighted by molar-refractivity contribution is 5.72. The van der Waals surface area contributed by atoms with E-state index in [0.29, 0.717) is 19.3 Å². The lowest BCUT2D eigenvalue weighted by molar-refractivity contribution is -0.887. The Labute approximate surface area is 351 Å². The number of nitrogens with zero attached hydrogens (tertiary/aromatic N) is 1. The molecule has 0 radical (unpaired) electrons. The predicted molar refractivity (Wildman–Crippen MR) is 238 cm³/mol. The van der Waals surface area contributed by atoms with Gasteiger partial charge in [-0.15, -0.1) is 0 Å².